The van der Waals surface area contributed by atoms with E-state index in [0.29, 0.717) is 41.0 Å². The Morgan fingerprint density at radius 1 is 1.07 bits per heavy atom. The predicted octanol–water partition coefficient (Wildman–Crippen LogP) is 7.54. The van der Waals surface area contributed by atoms with E-state index in [0.717, 1.165) is 16.7 Å². The summed E-state index contributed by atoms with van der Waals surface area (Å²) < 4.78 is 42.6. The van der Waals surface area contributed by atoms with E-state index >= 15 is 0 Å². The van der Waals surface area contributed by atoms with Crippen molar-refractivity contribution >= 4 is 35.1 Å². The Hall–Kier alpha value is -4.65. The number of para-hydroxylation sites is 1. The van der Waals surface area contributed by atoms with Gasteiger partial charge in [0.2, 0.25) is 6.41 Å². The maximum absolute atomic E-state index is 13.0. The Balaban J connectivity index is 1.40. The molecule has 3 amide bonds. The number of hydrogen-bond acceptors (Lipinski definition) is 6. The smallest absolute Gasteiger partial charge is 0.406 e. The summed E-state index contributed by atoms with van der Waals surface area (Å²) in [6.45, 7) is 9.98. The van der Waals surface area contributed by atoms with Crippen LogP contribution in [-0.2, 0) is 16.6 Å². The van der Waals surface area contributed by atoms with E-state index in [9.17, 15) is 22.8 Å². The lowest BCUT2D eigenvalue weighted by Gasteiger charge is -2.28. The van der Waals surface area contributed by atoms with Gasteiger partial charge in [0.1, 0.15) is 12.1 Å². The molecule has 0 fully saturated rings. The van der Waals surface area contributed by atoms with Crippen molar-refractivity contribution in [3.63, 3.8) is 0 Å². The number of thioether (sulfide) groups is 1. The highest BCUT2D eigenvalue weighted by Crippen LogP contribution is 2.33. The molecule has 0 aliphatic rings. The van der Waals surface area contributed by atoms with Crippen LogP contribution in [-0.4, -0.2) is 50.5 Å². The molecule has 1 aromatic heterocycles. The highest BCUT2D eigenvalue weighted by Gasteiger charge is 2.31. The van der Waals surface area contributed by atoms with Crippen LogP contribution < -0.4 is 15.0 Å². The number of anilines is 1. The van der Waals surface area contributed by atoms with Gasteiger partial charge in [-0.3, -0.25) is 9.69 Å². The van der Waals surface area contributed by atoms with E-state index in [1.54, 1.807) is 0 Å². The number of aromatic nitrogens is 3. The fraction of sp³-hybridized carbons (Fsp3) is 0.303. The molecule has 242 valence electrons. The summed E-state index contributed by atoms with van der Waals surface area (Å²) in [7, 11) is 0. The van der Waals surface area contributed by atoms with Crippen LogP contribution in [0.2, 0.25) is 0 Å². The number of urea groups is 1. The summed E-state index contributed by atoms with van der Waals surface area (Å²) in [6.07, 6.45) is -2.08. The molecule has 46 heavy (non-hydrogen) atoms. The van der Waals surface area contributed by atoms with Crippen LogP contribution in [0.4, 0.5) is 23.7 Å². The van der Waals surface area contributed by atoms with Crippen molar-refractivity contribution in [3.8, 4) is 22.8 Å². The first kappa shape index (κ1) is 34.2. The standard InChI is InChI=1S/C33H35F3N6O3S/c1-6-46-31(41(21-43)28-10-8-7-9-27(28)32(3,4)5)39-30(44)38-22(2)19-23-11-13-24(14-12-23)29-37-20-42(40-29)25-15-17-26(18-16-25)45-33(34,35)36/h7-18,20-22H,6,19H2,1-5H3,(H,38,44)/b39-31-. The number of ether oxygens (including phenoxy) is 1. The number of benzene rings is 3. The third kappa shape index (κ3) is 9.19. The highest BCUT2D eigenvalue weighted by molar-refractivity contribution is 8.14. The molecule has 1 heterocycles. The molecule has 9 nitrogen and oxygen atoms in total. The number of rotatable bonds is 9. The zero-order valence-electron chi connectivity index (χ0n) is 26.1. The molecule has 4 aromatic rings. The van der Waals surface area contributed by atoms with Gasteiger partial charge in [0.05, 0.1) is 11.4 Å². The van der Waals surface area contributed by atoms with Gasteiger partial charge in [-0.05, 0) is 66.0 Å². The van der Waals surface area contributed by atoms with Crippen molar-refractivity contribution < 1.29 is 27.5 Å². The number of halogens is 3. The van der Waals surface area contributed by atoms with Crippen LogP contribution >= 0.6 is 11.8 Å². The zero-order chi connectivity index (χ0) is 33.5. The minimum atomic E-state index is -4.76. The van der Waals surface area contributed by atoms with E-state index in [1.807, 2.05) is 62.4 Å². The number of amides is 3. The fourth-order valence-corrected chi connectivity index (χ4v) is 5.34. The van der Waals surface area contributed by atoms with Crippen LogP contribution in [0.25, 0.3) is 17.1 Å². The Morgan fingerprint density at radius 3 is 2.35 bits per heavy atom. The summed E-state index contributed by atoms with van der Waals surface area (Å²) in [5.41, 5.74) is 3.63. The van der Waals surface area contributed by atoms with Crippen molar-refractivity contribution in [3.05, 3.63) is 90.3 Å². The lowest BCUT2D eigenvalue weighted by atomic mass is 9.85. The first-order chi connectivity index (χ1) is 21.8. The summed E-state index contributed by atoms with van der Waals surface area (Å²) in [5.74, 6) is 0.730. The molecule has 1 N–H and O–H groups in total. The Bertz CT molecular complexity index is 1670. The van der Waals surface area contributed by atoms with Gasteiger partial charge in [-0.2, -0.15) is 4.99 Å². The summed E-state index contributed by atoms with van der Waals surface area (Å²) in [4.78, 5) is 35.2. The molecule has 0 radical (unpaired) electrons. The van der Waals surface area contributed by atoms with Gasteiger partial charge >= 0.3 is 12.4 Å². The number of aliphatic imine (C=N–C) groups is 1. The number of amidine groups is 1. The first-order valence-corrected chi connectivity index (χ1v) is 15.5. The fourth-order valence-electron chi connectivity index (χ4n) is 4.65. The van der Waals surface area contributed by atoms with Crippen molar-refractivity contribution in [2.75, 3.05) is 10.7 Å². The maximum Gasteiger partial charge on any atom is 0.573 e. The molecule has 1 unspecified atom stereocenters. The van der Waals surface area contributed by atoms with Gasteiger partial charge in [-0.1, -0.05) is 81.9 Å². The second kappa shape index (κ2) is 14.6. The molecule has 0 saturated carbocycles. The van der Waals surface area contributed by atoms with Crippen molar-refractivity contribution in [1.82, 2.24) is 20.1 Å². The Morgan fingerprint density at radius 2 is 1.74 bits per heavy atom. The van der Waals surface area contributed by atoms with Crippen LogP contribution in [0.15, 0.2) is 84.1 Å². The van der Waals surface area contributed by atoms with Crippen molar-refractivity contribution in [2.24, 2.45) is 4.99 Å². The average Bonchev–Trinajstić information content (AvgIpc) is 3.48. The molecular formula is C33H35F3N6O3S. The average molecular weight is 653 g/mol. The van der Waals surface area contributed by atoms with E-state index in [1.165, 1.54) is 51.9 Å². The molecule has 13 heteroatoms. The molecule has 4 rings (SSSR count). The molecule has 0 saturated heterocycles. The normalized spacial score (nSPS) is 12.8. The number of carbonyl (C=O) groups is 2. The lowest BCUT2D eigenvalue weighted by Crippen LogP contribution is -2.35. The van der Waals surface area contributed by atoms with Gasteiger partial charge in [0.25, 0.3) is 0 Å². The molecule has 3 aromatic carbocycles. The van der Waals surface area contributed by atoms with Crippen LogP contribution in [0.1, 0.15) is 45.7 Å². The van der Waals surface area contributed by atoms with E-state index in [2.05, 4.69) is 45.9 Å². The molecule has 0 spiro atoms. The topological polar surface area (TPSA) is 102 Å². The summed E-state index contributed by atoms with van der Waals surface area (Å²) in [6, 6.07) is 19.6. The summed E-state index contributed by atoms with van der Waals surface area (Å²) >= 11 is 1.31. The molecule has 0 bridgehead atoms. The monoisotopic (exact) mass is 652 g/mol. The molecule has 0 aliphatic carbocycles. The molecular weight excluding hydrogens is 617 g/mol. The predicted molar refractivity (Wildman–Crippen MR) is 174 cm³/mol. The lowest BCUT2D eigenvalue weighted by molar-refractivity contribution is -0.274. The minimum Gasteiger partial charge on any atom is -0.406 e. The molecule has 0 aliphatic heterocycles. The number of hydrogen-bond donors (Lipinski definition) is 1. The van der Waals surface area contributed by atoms with E-state index in [4.69, 9.17) is 0 Å². The van der Waals surface area contributed by atoms with Gasteiger partial charge in [-0.25, -0.2) is 14.5 Å². The largest absolute Gasteiger partial charge is 0.573 e. The third-order valence-electron chi connectivity index (χ3n) is 6.70. The molecule has 1 atom stereocenters. The third-order valence-corrected chi connectivity index (χ3v) is 7.54. The maximum atomic E-state index is 13.0. The first-order valence-electron chi connectivity index (χ1n) is 14.5. The van der Waals surface area contributed by atoms with E-state index in [-0.39, 0.29) is 17.2 Å². The van der Waals surface area contributed by atoms with Crippen molar-refractivity contribution in [2.45, 2.75) is 58.9 Å². The quantitative estimate of drug-likeness (QED) is 0.114. The van der Waals surface area contributed by atoms with E-state index < -0.39 is 12.4 Å². The van der Waals surface area contributed by atoms with Crippen LogP contribution in [0.3, 0.4) is 0 Å². The van der Waals surface area contributed by atoms with Crippen molar-refractivity contribution in [1.29, 1.82) is 0 Å². The minimum absolute atomic E-state index is 0.229. The van der Waals surface area contributed by atoms with Gasteiger partial charge in [0, 0.05) is 11.6 Å². The highest BCUT2D eigenvalue weighted by atomic mass is 32.2. The summed E-state index contributed by atoms with van der Waals surface area (Å²) in [5, 5.41) is 7.62. The Kier molecular flexibility index (Phi) is 10.9. The number of carbonyl (C=O) groups excluding carboxylic acids is 2. The van der Waals surface area contributed by atoms with Gasteiger partial charge in [0.15, 0.2) is 11.0 Å². The number of nitrogens with one attached hydrogen (secondary N) is 1. The number of nitrogens with zero attached hydrogens (tertiary/aromatic N) is 5. The second-order valence-corrected chi connectivity index (χ2v) is 12.6. The zero-order valence-corrected chi connectivity index (χ0v) is 26.9. The second-order valence-electron chi connectivity index (χ2n) is 11.4. The van der Waals surface area contributed by atoms with Crippen LogP contribution in [0, 0.1) is 0 Å². The SMILES string of the molecule is CCS/C(=N\C(=O)NC(C)Cc1ccc(-c2ncn(-c3ccc(OC(F)(F)F)cc3)n2)cc1)N(C=O)c1ccccc1C(C)(C)C. The Labute approximate surface area is 269 Å². The van der Waals surface area contributed by atoms with Crippen LogP contribution in [0.5, 0.6) is 5.75 Å². The number of alkyl halides is 3. The van der Waals surface area contributed by atoms with Gasteiger partial charge in [-0.15, -0.1) is 18.3 Å². The van der Waals surface area contributed by atoms with Gasteiger partial charge < -0.3 is 10.1 Å².